The fourth-order valence-corrected chi connectivity index (χ4v) is 3.38. The van der Waals surface area contributed by atoms with Gasteiger partial charge in [-0.15, -0.1) is 0 Å². The minimum absolute atomic E-state index is 0.749. The van der Waals surface area contributed by atoms with E-state index in [1.54, 1.807) is 14.2 Å². The van der Waals surface area contributed by atoms with Crippen molar-refractivity contribution in [1.82, 2.24) is 15.5 Å². The molecular weight excluding hydrogens is 364 g/mol. The van der Waals surface area contributed by atoms with Crippen LogP contribution >= 0.6 is 0 Å². The predicted molar refractivity (Wildman–Crippen MR) is 117 cm³/mol. The molecule has 0 bridgehead atoms. The number of nitrogens with zero attached hydrogens (tertiary/aromatic N) is 2. The van der Waals surface area contributed by atoms with Crippen molar-refractivity contribution in [3.63, 3.8) is 0 Å². The first kappa shape index (κ1) is 21.1. The summed E-state index contributed by atoms with van der Waals surface area (Å²) in [7, 11) is 3.49. The zero-order valence-corrected chi connectivity index (χ0v) is 17.5. The summed E-state index contributed by atoms with van der Waals surface area (Å²) in [6, 6.07) is 16.9. The molecule has 0 amide bonds. The maximum absolute atomic E-state index is 5.43. The lowest BCUT2D eigenvalue weighted by atomic mass is 10.1. The summed E-state index contributed by atoms with van der Waals surface area (Å²) in [5, 5.41) is 6.79. The molecule has 2 aromatic carbocycles. The summed E-state index contributed by atoms with van der Waals surface area (Å²) in [4.78, 5) is 6.77. The van der Waals surface area contributed by atoms with Gasteiger partial charge >= 0.3 is 0 Å². The standard InChI is InChI=1S/C23H32N4O2/c1-24-23(25-11-10-19-6-8-22(28-2)9-7-19)26-17-20-4-3-5-21(16-20)18-27-12-14-29-15-13-27/h3-9,16H,10-15,17-18H2,1-2H3,(H2,24,25,26). The third kappa shape index (κ3) is 7.07. The normalized spacial score (nSPS) is 15.2. The van der Waals surface area contributed by atoms with E-state index >= 15 is 0 Å². The Bertz CT molecular complexity index is 771. The maximum Gasteiger partial charge on any atom is 0.191 e. The molecule has 2 aromatic rings. The van der Waals surface area contributed by atoms with E-state index in [4.69, 9.17) is 9.47 Å². The van der Waals surface area contributed by atoms with E-state index in [2.05, 4.69) is 56.9 Å². The van der Waals surface area contributed by atoms with E-state index < -0.39 is 0 Å². The number of hydrogen-bond donors (Lipinski definition) is 2. The highest BCUT2D eigenvalue weighted by Crippen LogP contribution is 2.12. The van der Waals surface area contributed by atoms with E-state index in [1.165, 1.54) is 16.7 Å². The van der Waals surface area contributed by atoms with Crippen LogP contribution in [0.15, 0.2) is 53.5 Å². The van der Waals surface area contributed by atoms with Crippen molar-refractivity contribution in [2.45, 2.75) is 19.5 Å². The lowest BCUT2D eigenvalue weighted by Gasteiger charge is -2.26. The first-order chi connectivity index (χ1) is 14.3. The van der Waals surface area contributed by atoms with Crippen molar-refractivity contribution >= 4 is 5.96 Å². The van der Waals surface area contributed by atoms with Gasteiger partial charge in [-0.05, 0) is 35.2 Å². The molecule has 0 spiro atoms. The highest BCUT2D eigenvalue weighted by molar-refractivity contribution is 5.79. The van der Waals surface area contributed by atoms with Crippen LogP contribution < -0.4 is 15.4 Å². The number of rotatable bonds is 8. The molecule has 29 heavy (non-hydrogen) atoms. The molecule has 1 fully saturated rings. The van der Waals surface area contributed by atoms with Gasteiger partial charge in [-0.3, -0.25) is 9.89 Å². The van der Waals surface area contributed by atoms with Crippen LogP contribution in [0.25, 0.3) is 0 Å². The van der Waals surface area contributed by atoms with Crippen LogP contribution in [-0.4, -0.2) is 57.9 Å². The lowest BCUT2D eigenvalue weighted by Crippen LogP contribution is -2.38. The summed E-state index contributed by atoms with van der Waals surface area (Å²) < 4.78 is 10.6. The molecule has 156 valence electrons. The van der Waals surface area contributed by atoms with Gasteiger partial charge in [0, 0.05) is 39.8 Å². The van der Waals surface area contributed by atoms with E-state index in [0.717, 1.165) is 64.1 Å². The minimum atomic E-state index is 0.749. The Morgan fingerprint density at radius 1 is 1.03 bits per heavy atom. The largest absolute Gasteiger partial charge is 0.497 e. The first-order valence-electron chi connectivity index (χ1n) is 10.2. The summed E-state index contributed by atoms with van der Waals surface area (Å²) in [6.07, 6.45) is 0.930. The Kier molecular flexibility index (Phi) is 8.34. The predicted octanol–water partition coefficient (Wildman–Crippen LogP) is 2.44. The van der Waals surface area contributed by atoms with E-state index in [-0.39, 0.29) is 0 Å². The third-order valence-corrected chi connectivity index (χ3v) is 5.05. The van der Waals surface area contributed by atoms with E-state index in [0.29, 0.717) is 0 Å². The molecule has 6 nitrogen and oxygen atoms in total. The summed E-state index contributed by atoms with van der Waals surface area (Å²) in [6.45, 7) is 6.23. The molecular formula is C23H32N4O2. The van der Waals surface area contributed by atoms with Crippen LogP contribution in [0.5, 0.6) is 5.75 Å². The Hall–Kier alpha value is -2.57. The van der Waals surface area contributed by atoms with Crippen LogP contribution in [0.1, 0.15) is 16.7 Å². The Morgan fingerprint density at radius 3 is 2.52 bits per heavy atom. The lowest BCUT2D eigenvalue weighted by molar-refractivity contribution is 0.0342. The Balaban J connectivity index is 1.43. The van der Waals surface area contributed by atoms with Crippen LogP contribution in [-0.2, 0) is 24.2 Å². The molecule has 0 aliphatic carbocycles. The van der Waals surface area contributed by atoms with Gasteiger partial charge in [-0.1, -0.05) is 36.4 Å². The molecule has 6 heteroatoms. The topological polar surface area (TPSA) is 58.1 Å². The molecule has 0 radical (unpaired) electrons. The highest BCUT2D eigenvalue weighted by atomic mass is 16.5. The fraction of sp³-hybridized carbons (Fsp3) is 0.435. The smallest absolute Gasteiger partial charge is 0.191 e. The monoisotopic (exact) mass is 396 g/mol. The van der Waals surface area contributed by atoms with E-state index in [9.17, 15) is 0 Å². The molecule has 3 rings (SSSR count). The second-order valence-electron chi connectivity index (χ2n) is 7.16. The number of methoxy groups -OCH3 is 1. The number of guanidine groups is 1. The van der Waals surface area contributed by atoms with Crippen molar-refractivity contribution in [3.8, 4) is 5.75 Å². The van der Waals surface area contributed by atoms with Crippen LogP contribution in [0.3, 0.4) is 0 Å². The van der Waals surface area contributed by atoms with Crippen LogP contribution in [0.4, 0.5) is 0 Å². The van der Waals surface area contributed by atoms with Gasteiger partial charge in [0.05, 0.1) is 20.3 Å². The SMILES string of the molecule is CN=C(NCCc1ccc(OC)cc1)NCc1cccc(CN2CCOCC2)c1. The van der Waals surface area contributed by atoms with Crippen molar-refractivity contribution in [1.29, 1.82) is 0 Å². The molecule has 0 saturated carbocycles. The quantitative estimate of drug-likeness (QED) is 0.530. The zero-order chi connectivity index (χ0) is 20.3. The summed E-state index contributed by atoms with van der Waals surface area (Å²) >= 11 is 0. The molecule has 0 unspecified atom stereocenters. The van der Waals surface area contributed by atoms with Gasteiger partial charge in [0.15, 0.2) is 5.96 Å². The molecule has 2 N–H and O–H groups in total. The van der Waals surface area contributed by atoms with Gasteiger partial charge < -0.3 is 20.1 Å². The van der Waals surface area contributed by atoms with Gasteiger partial charge in [0.25, 0.3) is 0 Å². The molecule has 1 aliphatic heterocycles. The van der Waals surface area contributed by atoms with Crippen LogP contribution in [0.2, 0.25) is 0 Å². The third-order valence-electron chi connectivity index (χ3n) is 5.05. The Morgan fingerprint density at radius 2 is 1.79 bits per heavy atom. The van der Waals surface area contributed by atoms with Gasteiger partial charge in [0.2, 0.25) is 0 Å². The minimum Gasteiger partial charge on any atom is -0.497 e. The van der Waals surface area contributed by atoms with Crippen molar-refractivity contribution < 1.29 is 9.47 Å². The number of nitrogens with one attached hydrogen (secondary N) is 2. The first-order valence-corrected chi connectivity index (χ1v) is 10.2. The number of benzene rings is 2. The second-order valence-corrected chi connectivity index (χ2v) is 7.16. The zero-order valence-electron chi connectivity index (χ0n) is 17.5. The summed E-state index contributed by atoms with van der Waals surface area (Å²) in [5.74, 6) is 1.70. The van der Waals surface area contributed by atoms with Crippen molar-refractivity contribution in [2.24, 2.45) is 4.99 Å². The van der Waals surface area contributed by atoms with E-state index in [1.807, 2.05) is 12.1 Å². The van der Waals surface area contributed by atoms with Gasteiger partial charge in [-0.2, -0.15) is 0 Å². The number of ether oxygens (including phenoxy) is 2. The number of aliphatic imine (C=N–C) groups is 1. The second kappa shape index (κ2) is 11.4. The number of morpholine rings is 1. The Labute approximate surface area is 173 Å². The number of hydrogen-bond acceptors (Lipinski definition) is 4. The van der Waals surface area contributed by atoms with Crippen molar-refractivity contribution in [3.05, 3.63) is 65.2 Å². The average molecular weight is 397 g/mol. The fourth-order valence-electron chi connectivity index (χ4n) is 3.38. The average Bonchev–Trinajstić information content (AvgIpc) is 2.77. The molecule has 1 heterocycles. The van der Waals surface area contributed by atoms with Crippen LogP contribution in [0, 0.1) is 0 Å². The maximum atomic E-state index is 5.43. The molecule has 0 atom stereocenters. The van der Waals surface area contributed by atoms with Gasteiger partial charge in [0.1, 0.15) is 5.75 Å². The molecule has 1 saturated heterocycles. The van der Waals surface area contributed by atoms with Crippen molar-refractivity contribution in [2.75, 3.05) is 47.0 Å². The molecule has 1 aliphatic rings. The van der Waals surface area contributed by atoms with Gasteiger partial charge in [-0.25, -0.2) is 0 Å². The summed E-state index contributed by atoms with van der Waals surface area (Å²) in [5.41, 5.74) is 3.87. The highest BCUT2D eigenvalue weighted by Gasteiger charge is 2.10. The molecule has 0 aromatic heterocycles.